The number of nitrogens with zero attached hydrogens (tertiary/aromatic N) is 1. The number of nitrogens with two attached hydrogens (primary N) is 1. The lowest BCUT2D eigenvalue weighted by molar-refractivity contribution is 0.0695. The molecule has 0 aliphatic heterocycles. The number of primary amides is 1. The van der Waals surface area contributed by atoms with Gasteiger partial charge in [0.25, 0.3) is 5.91 Å². The Labute approximate surface area is 128 Å². The maximum absolute atomic E-state index is 11.6. The summed E-state index contributed by atoms with van der Waals surface area (Å²) >= 11 is 0. The molecule has 1 amide bonds. The Morgan fingerprint density at radius 3 is 2.36 bits per heavy atom. The number of carboxylic acid groups (broad SMARTS) is 1. The van der Waals surface area contributed by atoms with Crippen molar-refractivity contribution in [2.24, 2.45) is 5.73 Å². The zero-order valence-electron chi connectivity index (χ0n) is 12.6. The number of amides is 1. The van der Waals surface area contributed by atoms with Crippen molar-refractivity contribution < 1.29 is 14.7 Å². The molecule has 0 saturated carbocycles. The lowest BCUT2D eigenvalue weighted by atomic mass is 10.1. The van der Waals surface area contributed by atoms with Gasteiger partial charge in [0, 0.05) is 5.69 Å². The molecule has 0 aliphatic carbocycles. The molecular weight excluding hydrogens is 282 g/mol. The Morgan fingerprint density at radius 1 is 1.14 bits per heavy atom. The summed E-state index contributed by atoms with van der Waals surface area (Å²) in [5.74, 6) is -1.63. The van der Waals surface area contributed by atoms with Crippen molar-refractivity contribution in [1.29, 1.82) is 0 Å². The molecule has 0 aliphatic rings. The summed E-state index contributed by atoms with van der Waals surface area (Å²) < 4.78 is 0. The van der Waals surface area contributed by atoms with Gasteiger partial charge in [-0.3, -0.25) is 4.79 Å². The fourth-order valence-electron chi connectivity index (χ4n) is 2.19. The van der Waals surface area contributed by atoms with Crippen molar-refractivity contribution in [3.63, 3.8) is 0 Å². The van der Waals surface area contributed by atoms with E-state index in [1.54, 1.807) is 6.92 Å². The van der Waals surface area contributed by atoms with Crippen LogP contribution in [0.3, 0.4) is 0 Å². The fourth-order valence-corrected chi connectivity index (χ4v) is 2.19. The molecule has 2 rings (SSSR count). The van der Waals surface area contributed by atoms with Crippen LogP contribution in [0.5, 0.6) is 0 Å². The summed E-state index contributed by atoms with van der Waals surface area (Å²) in [6.45, 7) is 5.48. The molecule has 22 heavy (non-hydrogen) atoms. The van der Waals surface area contributed by atoms with Gasteiger partial charge < -0.3 is 16.2 Å². The first-order valence-electron chi connectivity index (χ1n) is 6.68. The minimum Gasteiger partial charge on any atom is -0.478 e. The number of nitrogens with one attached hydrogen (secondary N) is 1. The van der Waals surface area contributed by atoms with Gasteiger partial charge in [-0.25, -0.2) is 9.78 Å². The van der Waals surface area contributed by atoms with E-state index < -0.39 is 11.9 Å². The normalized spacial score (nSPS) is 10.3. The van der Waals surface area contributed by atoms with Crippen molar-refractivity contribution in [3.8, 4) is 0 Å². The molecule has 1 aromatic carbocycles. The van der Waals surface area contributed by atoms with Gasteiger partial charge in [0.1, 0.15) is 5.82 Å². The van der Waals surface area contributed by atoms with E-state index >= 15 is 0 Å². The second-order valence-corrected chi connectivity index (χ2v) is 5.13. The van der Waals surface area contributed by atoms with Crippen molar-refractivity contribution in [2.45, 2.75) is 20.8 Å². The number of carbonyl (C=O) groups excluding carboxylic acids is 1. The maximum atomic E-state index is 11.6. The molecule has 0 bridgehead atoms. The van der Waals surface area contributed by atoms with Crippen LogP contribution in [0, 0.1) is 20.8 Å². The fraction of sp³-hybridized carbons (Fsp3) is 0.188. The van der Waals surface area contributed by atoms with Crippen LogP contribution in [0.25, 0.3) is 0 Å². The highest BCUT2D eigenvalue weighted by Crippen LogP contribution is 2.24. The van der Waals surface area contributed by atoms with E-state index in [1.165, 1.54) is 6.07 Å². The summed E-state index contributed by atoms with van der Waals surface area (Å²) in [4.78, 5) is 26.9. The molecule has 0 spiro atoms. The van der Waals surface area contributed by atoms with Crippen LogP contribution < -0.4 is 11.1 Å². The Hall–Kier alpha value is -2.89. The van der Waals surface area contributed by atoms with E-state index in [4.69, 9.17) is 10.8 Å². The van der Waals surface area contributed by atoms with E-state index in [1.807, 2.05) is 32.0 Å². The Kier molecular flexibility index (Phi) is 4.12. The third kappa shape index (κ3) is 3.06. The Balaban J connectivity index is 2.52. The number of anilines is 2. The maximum Gasteiger partial charge on any atom is 0.337 e. The quantitative estimate of drug-likeness (QED) is 0.804. The Morgan fingerprint density at radius 2 is 1.82 bits per heavy atom. The minimum atomic E-state index is -1.15. The van der Waals surface area contributed by atoms with Crippen LogP contribution in [-0.4, -0.2) is 22.0 Å². The predicted molar refractivity (Wildman–Crippen MR) is 83.6 cm³/mol. The number of hydrogen-bond acceptors (Lipinski definition) is 4. The molecule has 6 heteroatoms. The second kappa shape index (κ2) is 5.85. The molecule has 0 saturated heterocycles. The highest BCUT2D eigenvalue weighted by molar-refractivity contribution is 6.01. The molecule has 1 aromatic heterocycles. The highest BCUT2D eigenvalue weighted by Gasteiger charge is 2.17. The van der Waals surface area contributed by atoms with Crippen molar-refractivity contribution in [1.82, 2.24) is 4.98 Å². The predicted octanol–water partition coefficient (Wildman–Crippen LogP) is 2.55. The zero-order valence-corrected chi connectivity index (χ0v) is 12.6. The van der Waals surface area contributed by atoms with E-state index in [0.717, 1.165) is 16.8 Å². The van der Waals surface area contributed by atoms with Crippen LogP contribution in [-0.2, 0) is 0 Å². The smallest absolute Gasteiger partial charge is 0.337 e. The lowest BCUT2D eigenvalue weighted by Crippen LogP contribution is -2.17. The first kappa shape index (κ1) is 15.5. The van der Waals surface area contributed by atoms with Gasteiger partial charge in [0.05, 0.1) is 16.8 Å². The van der Waals surface area contributed by atoms with Crippen LogP contribution in [0.2, 0.25) is 0 Å². The first-order valence-corrected chi connectivity index (χ1v) is 6.68. The molecule has 2 aromatic rings. The number of hydrogen-bond donors (Lipinski definition) is 3. The number of aryl methyl sites for hydroxylation is 3. The largest absolute Gasteiger partial charge is 0.478 e. The number of aromatic nitrogens is 1. The molecule has 114 valence electrons. The van der Waals surface area contributed by atoms with Gasteiger partial charge in [-0.1, -0.05) is 17.7 Å². The molecule has 0 atom stereocenters. The topological polar surface area (TPSA) is 105 Å². The van der Waals surface area contributed by atoms with Gasteiger partial charge in [0.2, 0.25) is 0 Å². The highest BCUT2D eigenvalue weighted by atomic mass is 16.4. The Bertz CT molecular complexity index is 769. The number of aromatic carboxylic acids is 1. The van der Waals surface area contributed by atoms with E-state index in [9.17, 15) is 9.59 Å². The van der Waals surface area contributed by atoms with Gasteiger partial charge in [-0.05, 0) is 38.5 Å². The molecule has 0 fully saturated rings. The van der Waals surface area contributed by atoms with Crippen LogP contribution in [0.4, 0.5) is 11.5 Å². The van der Waals surface area contributed by atoms with Crippen LogP contribution in [0.15, 0.2) is 24.3 Å². The van der Waals surface area contributed by atoms with Gasteiger partial charge in [-0.15, -0.1) is 0 Å². The van der Waals surface area contributed by atoms with Gasteiger partial charge in [0.15, 0.2) is 0 Å². The summed E-state index contributed by atoms with van der Waals surface area (Å²) in [5.41, 5.74) is 8.53. The third-order valence-electron chi connectivity index (χ3n) is 3.34. The monoisotopic (exact) mass is 299 g/mol. The minimum absolute atomic E-state index is 0.0417. The SMILES string of the molecule is Cc1ccc(Nc2nc(C)c(C(=O)O)cc2C(N)=O)c(C)c1. The summed E-state index contributed by atoms with van der Waals surface area (Å²) in [7, 11) is 0. The van der Waals surface area contributed by atoms with Crippen LogP contribution in [0.1, 0.15) is 37.5 Å². The van der Waals surface area contributed by atoms with E-state index in [2.05, 4.69) is 10.3 Å². The lowest BCUT2D eigenvalue weighted by Gasteiger charge is -2.14. The number of benzene rings is 1. The molecule has 0 radical (unpaired) electrons. The van der Waals surface area contributed by atoms with Gasteiger partial charge in [-0.2, -0.15) is 0 Å². The third-order valence-corrected chi connectivity index (χ3v) is 3.34. The molecule has 1 heterocycles. The first-order chi connectivity index (χ1) is 10.3. The summed E-state index contributed by atoms with van der Waals surface area (Å²) in [6.07, 6.45) is 0. The average Bonchev–Trinajstić information content (AvgIpc) is 2.41. The molecule has 6 nitrogen and oxygen atoms in total. The van der Waals surface area contributed by atoms with Crippen molar-refractivity contribution >= 4 is 23.4 Å². The second-order valence-electron chi connectivity index (χ2n) is 5.13. The van der Waals surface area contributed by atoms with Crippen molar-refractivity contribution in [2.75, 3.05) is 5.32 Å². The number of rotatable bonds is 4. The van der Waals surface area contributed by atoms with E-state index in [-0.39, 0.29) is 16.9 Å². The molecule has 4 N–H and O–H groups in total. The average molecular weight is 299 g/mol. The number of carbonyl (C=O) groups is 2. The van der Waals surface area contributed by atoms with E-state index in [0.29, 0.717) is 5.69 Å². The zero-order chi connectivity index (χ0) is 16.4. The number of carboxylic acids is 1. The standard InChI is InChI=1S/C16H17N3O3/c1-8-4-5-13(9(2)6-8)19-15-12(14(17)20)7-11(16(21)22)10(3)18-15/h4-7H,1-3H3,(H2,17,20)(H,18,19)(H,21,22). The number of pyridine rings is 1. The molecule has 0 unspecified atom stereocenters. The summed E-state index contributed by atoms with van der Waals surface area (Å²) in [5, 5.41) is 12.2. The van der Waals surface area contributed by atoms with Crippen LogP contribution >= 0.6 is 0 Å². The molecular formula is C16H17N3O3. The van der Waals surface area contributed by atoms with Crippen molar-refractivity contribution in [3.05, 3.63) is 52.2 Å². The summed E-state index contributed by atoms with van der Waals surface area (Å²) in [6, 6.07) is 7.04. The van der Waals surface area contributed by atoms with Gasteiger partial charge >= 0.3 is 5.97 Å².